The van der Waals surface area contributed by atoms with Gasteiger partial charge in [0.25, 0.3) is 0 Å². The summed E-state index contributed by atoms with van der Waals surface area (Å²) in [5, 5.41) is 3.99. The molecule has 5 nitrogen and oxygen atoms in total. The van der Waals surface area contributed by atoms with Crippen molar-refractivity contribution in [1.82, 2.24) is 0 Å². The van der Waals surface area contributed by atoms with Crippen molar-refractivity contribution in [3.63, 3.8) is 0 Å². The highest BCUT2D eigenvalue weighted by Gasteiger charge is 2.24. The van der Waals surface area contributed by atoms with E-state index in [1.165, 1.54) is 6.92 Å². The average Bonchev–Trinajstić information content (AvgIpc) is 1.82. The predicted octanol–water partition coefficient (Wildman–Crippen LogP) is -0.627. The van der Waals surface area contributed by atoms with E-state index in [0.717, 1.165) is 0 Å². The second kappa shape index (κ2) is 4.18. The Labute approximate surface area is 73.1 Å². The second-order valence-electron chi connectivity index (χ2n) is 2.94. The molecule has 0 spiro atoms. The first-order valence-electron chi connectivity index (χ1n) is 3.67. The molecule has 0 amide bonds. The van der Waals surface area contributed by atoms with E-state index >= 15 is 0 Å². The minimum absolute atomic E-state index is 0.107. The van der Waals surface area contributed by atoms with Crippen molar-refractivity contribution in [2.24, 2.45) is 10.9 Å². The maximum absolute atomic E-state index is 10.8. The highest BCUT2D eigenvalue weighted by Crippen LogP contribution is 2.03. The van der Waals surface area contributed by atoms with Gasteiger partial charge < -0.3 is 10.5 Å². The van der Waals surface area contributed by atoms with Gasteiger partial charge in [0.1, 0.15) is 11.5 Å². The molecule has 2 atom stereocenters. The monoisotopic (exact) mass is 196 g/mol. The summed E-state index contributed by atoms with van der Waals surface area (Å²) in [5.74, 6) is 0. The Balaban J connectivity index is 4.21. The van der Waals surface area contributed by atoms with Crippen molar-refractivity contribution in [3.8, 4) is 0 Å². The summed E-state index contributed by atoms with van der Waals surface area (Å²) in [6.07, 6.45) is -0.968. The molecule has 74 valence electrons. The van der Waals surface area contributed by atoms with Gasteiger partial charge in [0.05, 0.1) is 6.10 Å². The van der Waals surface area contributed by atoms with Crippen LogP contribution < -0.4 is 10.9 Å². The summed E-state index contributed by atoms with van der Waals surface area (Å²) in [6, 6.07) is 0. The van der Waals surface area contributed by atoms with Crippen LogP contribution in [0.1, 0.15) is 20.8 Å². The third-order valence-electron chi connectivity index (χ3n) is 1.41. The van der Waals surface area contributed by atoms with Crippen molar-refractivity contribution in [1.29, 1.82) is 0 Å². The molecule has 0 unspecified atom stereocenters. The van der Waals surface area contributed by atoms with E-state index in [1.54, 1.807) is 13.8 Å². The third kappa shape index (κ3) is 4.01. The highest BCUT2D eigenvalue weighted by atomic mass is 32.2. The van der Waals surface area contributed by atoms with Crippen LogP contribution in [0.2, 0.25) is 0 Å². The number of sulfonamides is 1. The van der Waals surface area contributed by atoms with Crippen LogP contribution in [0.3, 0.4) is 0 Å². The Kier molecular flexibility index (Phi) is 4.12. The molecule has 0 saturated carbocycles. The molecule has 0 aromatic heterocycles. The predicted molar refractivity (Wildman–Crippen MR) is 46.8 cm³/mol. The second-order valence-corrected chi connectivity index (χ2v) is 4.87. The molecule has 0 fully saturated rings. The molecule has 0 aromatic carbocycles. The number of hydrogen-bond donors (Lipinski definition) is 2. The van der Waals surface area contributed by atoms with E-state index in [-0.39, 0.29) is 6.10 Å². The van der Waals surface area contributed by atoms with Gasteiger partial charge in [0.15, 0.2) is 0 Å². The zero-order chi connectivity index (χ0) is 9.94. The van der Waals surface area contributed by atoms with E-state index in [9.17, 15) is 8.42 Å². The van der Waals surface area contributed by atoms with E-state index in [0.29, 0.717) is 0 Å². The Bertz CT molecular complexity index is 225. The molecule has 0 aliphatic rings. The minimum atomic E-state index is -3.60. The molecular formula is C6H16N2O3S. The topological polar surface area (TPSA) is 95.4 Å². The number of hydrogen-bond acceptors (Lipinski definition) is 4. The normalized spacial score (nSPS) is 17.8. The van der Waals surface area contributed by atoms with Gasteiger partial charge in [0, 0.05) is 0 Å². The van der Waals surface area contributed by atoms with Crippen LogP contribution in [-0.4, -0.2) is 26.0 Å². The fourth-order valence-electron chi connectivity index (χ4n) is 0.612. The lowest BCUT2D eigenvalue weighted by molar-refractivity contribution is 0.0119. The fourth-order valence-corrected chi connectivity index (χ4v) is 1.05. The zero-order valence-corrected chi connectivity index (χ0v) is 8.34. The van der Waals surface area contributed by atoms with Crippen molar-refractivity contribution in [3.05, 3.63) is 0 Å². The van der Waals surface area contributed by atoms with Crippen molar-refractivity contribution in [2.75, 3.05) is 0 Å². The molecule has 0 aromatic rings. The maximum atomic E-state index is 10.8. The van der Waals surface area contributed by atoms with Crippen molar-refractivity contribution < 1.29 is 13.2 Å². The summed E-state index contributed by atoms with van der Waals surface area (Å²) in [5.41, 5.74) is 5.42. The first-order valence-corrected chi connectivity index (χ1v) is 5.28. The Hall–Kier alpha value is -0.170. The maximum Gasteiger partial charge on any atom is 0.215 e. The van der Waals surface area contributed by atoms with Crippen LogP contribution in [-0.2, 0) is 14.8 Å². The number of ether oxygens (including phenoxy) is 1. The molecule has 0 heterocycles. The van der Waals surface area contributed by atoms with Gasteiger partial charge in [-0.1, -0.05) is 0 Å². The summed E-state index contributed by atoms with van der Waals surface area (Å²) in [4.78, 5) is 0. The Morgan fingerprint density at radius 2 is 1.67 bits per heavy atom. The summed E-state index contributed by atoms with van der Waals surface area (Å²) >= 11 is 0. The quantitative estimate of drug-likeness (QED) is 0.585. The van der Waals surface area contributed by atoms with Gasteiger partial charge in [0.2, 0.25) is 10.0 Å². The smallest absolute Gasteiger partial charge is 0.215 e. The lowest BCUT2D eigenvalue weighted by Gasteiger charge is -2.20. The van der Waals surface area contributed by atoms with Crippen LogP contribution in [0, 0.1) is 0 Å². The summed E-state index contributed by atoms with van der Waals surface area (Å²) < 4.78 is 26.6. The standard InChI is InChI=1S/C6H16N2O3S/c1-4(2)11-6(7)5(3)12(8,9)10/h4-6H,7H2,1-3H3,(H2,8,9,10)/t5-,6+/m0/s1. The largest absolute Gasteiger partial charge is 0.360 e. The van der Waals surface area contributed by atoms with Gasteiger partial charge in [-0.2, -0.15) is 0 Å². The van der Waals surface area contributed by atoms with Crippen LogP contribution >= 0.6 is 0 Å². The summed E-state index contributed by atoms with van der Waals surface area (Å²) in [7, 11) is -3.60. The third-order valence-corrected chi connectivity index (χ3v) is 2.71. The fraction of sp³-hybridized carbons (Fsp3) is 1.00. The first kappa shape index (κ1) is 11.8. The Morgan fingerprint density at radius 3 is 1.92 bits per heavy atom. The van der Waals surface area contributed by atoms with E-state index in [4.69, 9.17) is 15.6 Å². The van der Waals surface area contributed by atoms with Gasteiger partial charge in [-0.15, -0.1) is 0 Å². The molecule has 0 aliphatic heterocycles. The number of nitrogens with two attached hydrogens (primary N) is 2. The van der Waals surface area contributed by atoms with Crippen molar-refractivity contribution >= 4 is 10.0 Å². The molecule has 0 rings (SSSR count). The number of rotatable bonds is 4. The molecule has 12 heavy (non-hydrogen) atoms. The van der Waals surface area contributed by atoms with Gasteiger partial charge in [-0.05, 0) is 20.8 Å². The highest BCUT2D eigenvalue weighted by molar-refractivity contribution is 7.89. The molecule has 0 bridgehead atoms. The minimum Gasteiger partial charge on any atom is -0.360 e. The SMILES string of the molecule is CC(C)O[C@@H](N)[C@H](C)S(N)(=O)=O. The molecule has 4 N–H and O–H groups in total. The molecular weight excluding hydrogens is 180 g/mol. The Morgan fingerprint density at radius 1 is 1.25 bits per heavy atom. The van der Waals surface area contributed by atoms with Crippen LogP contribution in [0.15, 0.2) is 0 Å². The van der Waals surface area contributed by atoms with Gasteiger partial charge in [-0.3, -0.25) is 0 Å². The van der Waals surface area contributed by atoms with E-state index < -0.39 is 21.5 Å². The molecule has 0 aliphatic carbocycles. The average molecular weight is 196 g/mol. The lowest BCUT2D eigenvalue weighted by Crippen LogP contribution is -2.44. The summed E-state index contributed by atoms with van der Waals surface area (Å²) in [6.45, 7) is 4.97. The van der Waals surface area contributed by atoms with Crippen LogP contribution in [0.5, 0.6) is 0 Å². The lowest BCUT2D eigenvalue weighted by atomic mass is 10.4. The molecule has 0 saturated heterocycles. The van der Waals surface area contributed by atoms with E-state index in [2.05, 4.69) is 0 Å². The van der Waals surface area contributed by atoms with Crippen LogP contribution in [0.4, 0.5) is 0 Å². The van der Waals surface area contributed by atoms with Gasteiger partial charge in [-0.25, -0.2) is 13.6 Å². The van der Waals surface area contributed by atoms with Crippen LogP contribution in [0.25, 0.3) is 0 Å². The first-order chi connectivity index (χ1) is 5.25. The van der Waals surface area contributed by atoms with Crippen molar-refractivity contribution in [2.45, 2.75) is 38.4 Å². The number of primary sulfonamides is 1. The van der Waals surface area contributed by atoms with E-state index in [1.807, 2.05) is 0 Å². The zero-order valence-electron chi connectivity index (χ0n) is 7.52. The molecule has 0 radical (unpaired) electrons. The van der Waals surface area contributed by atoms with Gasteiger partial charge >= 0.3 is 0 Å². The molecule has 6 heteroatoms.